The minimum Gasteiger partial charge on any atom is -0.334 e. The first-order chi connectivity index (χ1) is 14.4. The molecule has 0 saturated carbocycles. The van der Waals surface area contributed by atoms with E-state index >= 15 is 0 Å². The van der Waals surface area contributed by atoms with Gasteiger partial charge in [-0.1, -0.05) is 84.2 Å². The molecule has 0 aliphatic carbocycles. The molecule has 0 bridgehead atoms. The van der Waals surface area contributed by atoms with E-state index in [4.69, 9.17) is 0 Å². The maximum Gasteiger partial charge on any atom is 0.315 e. The van der Waals surface area contributed by atoms with Crippen LogP contribution in [0.1, 0.15) is 25.0 Å². The molecule has 0 aromatic heterocycles. The number of hydrogen-bond donors (Lipinski definition) is 2. The van der Waals surface area contributed by atoms with Crippen LogP contribution in [0.5, 0.6) is 0 Å². The van der Waals surface area contributed by atoms with Crippen molar-refractivity contribution < 1.29 is 14.4 Å². The van der Waals surface area contributed by atoms with Crippen LogP contribution in [0.15, 0.2) is 60.7 Å². The zero-order valence-electron chi connectivity index (χ0n) is 17.3. The van der Waals surface area contributed by atoms with Crippen LogP contribution in [0, 0.1) is 0 Å². The fraction of sp³-hybridized carbons (Fsp3) is 0.348. The van der Waals surface area contributed by atoms with E-state index in [0.29, 0.717) is 24.3 Å². The van der Waals surface area contributed by atoms with Crippen LogP contribution in [0.3, 0.4) is 0 Å². The van der Waals surface area contributed by atoms with Gasteiger partial charge in [-0.2, -0.15) is 0 Å². The summed E-state index contributed by atoms with van der Waals surface area (Å²) >= 11 is 2.41. The van der Waals surface area contributed by atoms with Crippen molar-refractivity contribution >= 4 is 39.8 Å². The number of rotatable bonds is 10. The van der Waals surface area contributed by atoms with Crippen molar-refractivity contribution in [1.82, 2.24) is 10.6 Å². The summed E-state index contributed by atoms with van der Waals surface area (Å²) in [5, 5.41) is 6.06. The summed E-state index contributed by atoms with van der Waals surface area (Å²) in [5.41, 5.74) is 2.19. The molecular weight excluding hydrogens is 416 g/mol. The van der Waals surface area contributed by atoms with Gasteiger partial charge < -0.3 is 10.6 Å². The lowest BCUT2D eigenvalue weighted by atomic mass is 10.1. The number of nitrogens with one attached hydrogen (secondary N) is 2. The van der Waals surface area contributed by atoms with Crippen LogP contribution < -0.4 is 10.6 Å². The van der Waals surface area contributed by atoms with Gasteiger partial charge in [0.2, 0.25) is 0 Å². The second-order valence-electron chi connectivity index (χ2n) is 7.00. The molecule has 0 saturated heterocycles. The van der Waals surface area contributed by atoms with Gasteiger partial charge >= 0.3 is 6.03 Å². The predicted molar refractivity (Wildman–Crippen MR) is 126 cm³/mol. The van der Waals surface area contributed by atoms with Crippen LogP contribution in [-0.2, 0) is 22.4 Å². The molecule has 30 heavy (non-hydrogen) atoms. The van der Waals surface area contributed by atoms with Gasteiger partial charge in [0.05, 0.1) is 0 Å². The largest absolute Gasteiger partial charge is 0.334 e. The SMILES string of the molecule is CC(=O)SCC(Cc1ccccc1)NC(=O)NC(CSC(C)=O)Cc1ccccc1. The van der Waals surface area contributed by atoms with Crippen molar-refractivity contribution in [1.29, 1.82) is 0 Å². The summed E-state index contributed by atoms with van der Waals surface area (Å²) in [6.45, 7) is 3.05. The van der Waals surface area contributed by atoms with Crippen LogP contribution in [0.25, 0.3) is 0 Å². The second-order valence-corrected chi connectivity index (χ2v) is 9.39. The van der Waals surface area contributed by atoms with Crippen molar-refractivity contribution in [2.45, 2.75) is 38.8 Å². The van der Waals surface area contributed by atoms with Crippen molar-refractivity contribution in [3.8, 4) is 0 Å². The molecule has 0 radical (unpaired) electrons. The van der Waals surface area contributed by atoms with Gasteiger partial charge in [0.1, 0.15) is 0 Å². The Balaban J connectivity index is 2.00. The lowest BCUT2D eigenvalue weighted by Gasteiger charge is -2.22. The standard InChI is InChI=1S/C23H28N2O3S2/c1-17(26)29-15-21(13-19-9-5-3-6-10-19)24-23(28)25-22(16-30-18(2)27)14-20-11-7-4-8-12-20/h3-12,21-22H,13-16H2,1-2H3,(H2,24,25,28). The molecule has 0 aliphatic rings. The van der Waals surface area contributed by atoms with E-state index in [-0.39, 0.29) is 28.3 Å². The summed E-state index contributed by atoms with van der Waals surface area (Å²) in [7, 11) is 0. The van der Waals surface area contributed by atoms with E-state index in [0.717, 1.165) is 11.1 Å². The topological polar surface area (TPSA) is 75.3 Å². The highest BCUT2D eigenvalue weighted by Crippen LogP contribution is 2.12. The van der Waals surface area contributed by atoms with E-state index in [2.05, 4.69) is 10.6 Å². The molecule has 2 unspecified atom stereocenters. The van der Waals surface area contributed by atoms with Crippen LogP contribution in [-0.4, -0.2) is 39.9 Å². The minimum absolute atomic E-state index is 0.0232. The molecule has 7 heteroatoms. The van der Waals surface area contributed by atoms with Crippen LogP contribution in [0.2, 0.25) is 0 Å². The lowest BCUT2D eigenvalue weighted by Crippen LogP contribution is -2.49. The Kier molecular flexibility index (Phi) is 10.5. The molecule has 2 rings (SSSR count). The maximum absolute atomic E-state index is 12.7. The smallest absolute Gasteiger partial charge is 0.315 e. The molecule has 0 spiro atoms. The Morgan fingerprint density at radius 2 is 1.07 bits per heavy atom. The molecule has 2 atom stereocenters. The number of hydrogen-bond acceptors (Lipinski definition) is 5. The number of amides is 2. The fourth-order valence-electron chi connectivity index (χ4n) is 2.95. The molecule has 2 amide bonds. The Morgan fingerprint density at radius 1 is 0.700 bits per heavy atom. The third-order valence-corrected chi connectivity index (χ3v) is 6.25. The molecule has 0 aliphatic heterocycles. The number of thioether (sulfide) groups is 2. The Hall–Kier alpha value is -2.25. The van der Waals surface area contributed by atoms with Gasteiger partial charge in [0.25, 0.3) is 0 Å². The highest BCUT2D eigenvalue weighted by molar-refractivity contribution is 8.13. The number of benzene rings is 2. The predicted octanol–water partition coefficient (Wildman–Crippen LogP) is 4.07. The summed E-state index contributed by atoms with van der Waals surface area (Å²) in [5.74, 6) is 1.01. The first-order valence-electron chi connectivity index (χ1n) is 9.84. The van der Waals surface area contributed by atoms with E-state index in [1.165, 1.54) is 37.4 Å². The zero-order valence-corrected chi connectivity index (χ0v) is 18.9. The zero-order chi connectivity index (χ0) is 21.8. The molecule has 5 nitrogen and oxygen atoms in total. The van der Waals surface area contributed by atoms with E-state index < -0.39 is 0 Å². The molecular formula is C23H28N2O3S2. The van der Waals surface area contributed by atoms with Gasteiger partial charge in [0.15, 0.2) is 10.2 Å². The Labute approximate surface area is 186 Å². The maximum atomic E-state index is 12.7. The van der Waals surface area contributed by atoms with E-state index in [1.807, 2.05) is 60.7 Å². The summed E-state index contributed by atoms with van der Waals surface area (Å²) in [4.78, 5) is 35.6. The van der Waals surface area contributed by atoms with Crippen LogP contribution in [0.4, 0.5) is 4.79 Å². The summed E-state index contributed by atoms with van der Waals surface area (Å²) < 4.78 is 0. The number of carbonyl (C=O) groups excluding carboxylic acids is 3. The third kappa shape index (κ3) is 9.98. The van der Waals surface area contributed by atoms with Crippen molar-refractivity contribution in [2.75, 3.05) is 11.5 Å². The first-order valence-corrected chi connectivity index (χ1v) is 11.8. The average Bonchev–Trinajstić information content (AvgIpc) is 2.71. The first kappa shape index (κ1) is 24.0. The minimum atomic E-state index is -0.287. The number of urea groups is 1. The van der Waals surface area contributed by atoms with E-state index in [1.54, 1.807) is 0 Å². The third-order valence-electron chi connectivity index (χ3n) is 4.30. The van der Waals surface area contributed by atoms with Gasteiger partial charge in [0, 0.05) is 37.4 Å². The lowest BCUT2D eigenvalue weighted by molar-refractivity contribution is -0.109. The molecule has 2 N–H and O–H groups in total. The normalized spacial score (nSPS) is 12.6. The van der Waals surface area contributed by atoms with Crippen molar-refractivity contribution in [3.05, 3.63) is 71.8 Å². The summed E-state index contributed by atoms with van der Waals surface area (Å²) in [6, 6.07) is 19.1. The monoisotopic (exact) mass is 444 g/mol. The molecule has 0 heterocycles. The molecule has 2 aromatic rings. The highest BCUT2D eigenvalue weighted by atomic mass is 32.2. The number of carbonyl (C=O) groups is 3. The quantitative estimate of drug-likeness (QED) is 0.578. The van der Waals surface area contributed by atoms with Gasteiger partial charge in [-0.25, -0.2) is 4.79 Å². The van der Waals surface area contributed by atoms with Gasteiger partial charge in [-0.15, -0.1) is 0 Å². The average molecular weight is 445 g/mol. The molecule has 2 aromatic carbocycles. The highest BCUT2D eigenvalue weighted by Gasteiger charge is 2.18. The van der Waals surface area contributed by atoms with E-state index in [9.17, 15) is 14.4 Å². The Morgan fingerprint density at radius 3 is 1.40 bits per heavy atom. The van der Waals surface area contributed by atoms with Crippen molar-refractivity contribution in [3.63, 3.8) is 0 Å². The van der Waals surface area contributed by atoms with Crippen molar-refractivity contribution in [2.24, 2.45) is 0 Å². The molecule has 160 valence electrons. The van der Waals surface area contributed by atoms with Gasteiger partial charge in [-0.3, -0.25) is 9.59 Å². The molecule has 0 fully saturated rings. The Bertz CT molecular complexity index is 748. The second kappa shape index (κ2) is 13.1. The summed E-state index contributed by atoms with van der Waals surface area (Å²) in [6.07, 6.45) is 1.28. The fourth-order valence-corrected chi connectivity index (χ4v) is 4.22. The van der Waals surface area contributed by atoms with Gasteiger partial charge in [-0.05, 0) is 24.0 Å². The van der Waals surface area contributed by atoms with Crippen LogP contribution >= 0.6 is 23.5 Å².